The summed E-state index contributed by atoms with van der Waals surface area (Å²) in [5.41, 5.74) is -5.58. The molecule has 0 saturated heterocycles. The summed E-state index contributed by atoms with van der Waals surface area (Å²) in [5, 5.41) is 21.9. The van der Waals surface area contributed by atoms with Gasteiger partial charge in [0.25, 0.3) is 0 Å². The molecule has 0 aliphatic carbocycles. The number of Topliss-reactive ketones (excluding diaryl/α,β-unsaturated/α-hetero) is 3. The number of hydrogen-bond acceptors (Lipinski definition) is 7. The summed E-state index contributed by atoms with van der Waals surface area (Å²) >= 11 is 0. The van der Waals surface area contributed by atoms with E-state index in [0.717, 1.165) is 0 Å². The van der Waals surface area contributed by atoms with Crippen LogP contribution in [0.15, 0.2) is 24.3 Å². The van der Waals surface area contributed by atoms with Crippen LogP contribution < -0.4 is 9.47 Å². The van der Waals surface area contributed by atoms with Gasteiger partial charge in [-0.05, 0) is 12.1 Å². The lowest BCUT2D eigenvalue weighted by atomic mass is 9.72. The Hall–Kier alpha value is -2.25. The Morgan fingerprint density at radius 3 is 1.77 bits per heavy atom. The molecule has 0 aromatic heterocycles. The first-order valence-electron chi connectivity index (χ1n) is 8.53. The van der Waals surface area contributed by atoms with E-state index >= 15 is 0 Å². The van der Waals surface area contributed by atoms with E-state index < -0.39 is 35.2 Å². The van der Waals surface area contributed by atoms with E-state index in [-0.39, 0.29) is 25.0 Å². The molecule has 0 aliphatic rings. The van der Waals surface area contributed by atoms with Gasteiger partial charge in [0, 0.05) is 19.3 Å². The van der Waals surface area contributed by atoms with E-state index in [0.29, 0.717) is 5.75 Å². The summed E-state index contributed by atoms with van der Waals surface area (Å²) in [6, 6.07) is 6.50. The van der Waals surface area contributed by atoms with E-state index in [4.69, 9.17) is 9.47 Å². The van der Waals surface area contributed by atoms with Crippen molar-refractivity contribution < 1.29 is 34.1 Å². The van der Waals surface area contributed by atoms with Gasteiger partial charge < -0.3 is 19.7 Å². The van der Waals surface area contributed by atoms with Crippen molar-refractivity contribution in [1.29, 1.82) is 0 Å². The van der Waals surface area contributed by atoms with Crippen molar-refractivity contribution in [3.63, 3.8) is 0 Å². The number of ether oxygens (including phenoxy) is 2. The molecule has 1 rings (SSSR count). The van der Waals surface area contributed by atoms with Crippen LogP contribution in [0.1, 0.15) is 40.0 Å². The predicted molar refractivity (Wildman–Crippen MR) is 94.3 cm³/mol. The monoisotopic (exact) mass is 366 g/mol. The number of ketones is 3. The van der Waals surface area contributed by atoms with Crippen LogP contribution in [0.3, 0.4) is 0 Å². The fraction of sp³-hybridized carbons (Fsp3) is 0.526. The number of rotatable bonds is 11. The normalized spacial score (nSPS) is 13.6. The van der Waals surface area contributed by atoms with Gasteiger partial charge in [-0.2, -0.15) is 0 Å². The van der Waals surface area contributed by atoms with Gasteiger partial charge in [-0.3, -0.25) is 14.4 Å². The second-order valence-electron chi connectivity index (χ2n) is 5.84. The number of carbonyl (C=O) groups is 3. The van der Waals surface area contributed by atoms with Crippen LogP contribution in [-0.4, -0.2) is 52.5 Å². The molecule has 0 aliphatic heterocycles. The van der Waals surface area contributed by atoms with Crippen molar-refractivity contribution in [2.75, 3.05) is 13.7 Å². The van der Waals surface area contributed by atoms with Crippen molar-refractivity contribution in [2.24, 2.45) is 0 Å². The number of benzene rings is 1. The zero-order chi connectivity index (χ0) is 20.0. The maximum Gasteiger partial charge on any atom is 0.220 e. The number of carbonyl (C=O) groups excluding carboxylic acids is 3. The number of hydrogen-bond donors (Lipinski definition) is 2. The summed E-state index contributed by atoms with van der Waals surface area (Å²) in [6.07, 6.45) is -0.644. The van der Waals surface area contributed by atoms with E-state index in [1.165, 1.54) is 33.9 Å². The quantitative estimate of drug-likeness (QED) is 0.571. The van der Waals surface area contributed by atoms with Crippen LogP contribution in [0.5, 0.6) is 11.5 Å². The van der Waals surface area contributed by atoms with Crippen LogP contribution in [0.2, 0.25) is 0 Å². The smallest absolute Gasteiger partial charge is 0.220 e. The van der Waals surface area contributed by atoms with Crippen LogP contribution in [0.25, 0.3) is 0 Å². The summed E-state index contributed by atoms with van der Waals surface area (Å²) in [4.78, 5) is 37.2. The number of aliphatic hydroxyl groups is 2. The van der Waals surface area contributed by atoms with E-state index in [1.54, 1.807) is 18.2 Å². The Balaban J connectivity index is 3.38. The molecule has 0 radical (unpaired) electrons. The second kappa shape index (κ2) is 8.91. The van der Waals surface area contributed by atoms with E-state index in [2.05, 4.69) is 0 Å². The molecule has 0 spiro atoms. The second-order valence-corrected chi connectivity index (χ2v) is 5.84. The first kappa shape index (κ1) is 21.8. The lowest BCUT2D eigenvalue weighted by molar-refractivity contribution is -0.192. The molecule has 1 atom stereocenters. The highest BCUT2D eigenvalue weighted by Crippen LogP contribution is 2.33. The van der Waals surface area contributed by atoms with Gasteiger partial charge >= 0.3 is 0 Å². The van der Waals surface area contributed by atoms with Crippen molar-refractivity contribution >= 4 is 17.3 Å². The maximum absolute atomic E-state index is 12.5. The van der Waals surface area contributed by atoms with Crippen molar-refractivity contribution in [1.82, 2.24) is 0 Å². The average molecular weight is 366 g/mol. The molecule has 2 N–H and O–H groups in total. The van der Waals surface area contributed by atoms with Gasteiger partial charge in [0.1, 0.15) is 6.61 Å². The fourth-order valence-corrected chi connectivity index (χ4v) is 2.73. The Labute approximate surface area is 152 Å². The molecular formula is C19H26O7. The lowest BCUT2D eigenvalue weighted by Crippen LogP contribution is -2.70. The van der Waals surface area contributed by atoms with Gasteiger partial charge in [-0.25, -0.2) is 0 Å². The van der Waals surface area contributed by atoms with Crippen LogP contribution in [-0.2, 0) is 14.4 Å². The molecule has 0 amide bonds. The van der Waals surface area contributed by atoms with Gasteiger partial charge in [0.05, 0.1) is 7.11 Å². The van der Waals surface area contributed by atoms with Gasteiger partial charge in [-0.15, -0.1) is 0 Å². The summed E-state index contributed by atoms with van der Waals surface area (Å²) in [7, 11) is 1.42. The minimum Gasteiger partial charge on any atom is -0.493 e. The molecule has 0 saturated carbocycles. The zero-order valence-electron chi connectivity index (χ0n) is 15.6. The molecule has 0 bridgehead atoms. The molecule has 0 fully saturated rings. The largest absolute Gasteiger partial charge is 0.493 e. The maximum atomic E-state index is 12.5. The average Bonchev–Trinajstić information content (AvgIpc) is 2.69. The van der Waals surface area contributed by atoms with Crippen molar-refractivity contribution in [3.05, 3.63) is 24.3 Å². The van der Waals surface area contributed by atoms with Gasteiger partial charge in [0.15, 0.2) is 34.4 Å². The Morgan fingerprint density at radius 1 is 0.885 bits per heavy atom. The molecule has 144 valence electrons. The highest BCUT2D eigenvalue weighted by Gasteiger charge is 2.62. The third-order valence-corrected chi connectivity index (χ3v) is 4.34. The van der Waals surface area contributed by atoms with E-state index in [9.17, 15) is 24.6 Å². The van der Waals surface area contributed by atoms with Crippen molar-refractivity contribution in [3.8, 4) is 11.5 Å². The summed E-state index contributed by atoms with van der Waals surface area (Å²) < 4.78 is 10.6. The van der Waals surface area contributed by atoms with Crippen LogP contribution in [0.4, 0.5) is 0 Å². The molecule has 26 heavy (non-hydrogen) atoms. The lowest BCUT2D eigenvalue weighted by Gasteiger charge is -2.39. The van der Waals surface area contributed by atoms with Crippen LogP contribution in [0, 0.1) is 0 Å². The summed E-state index contributed by atoms with van der Waals surface area (Å²) in [6.45, 7) is 3.57. The Morgan fingerprint density at radius 2 is 1.35 bits per heavy atom. The van der Waals surface area contributed by atoms with E-state index in [1.807, 2.05) is 0 Å². The van der Waals surface area contributed by atoms with Crippen molar-refractivity contribution in [2.45, 2.75) is 51.2 Å². The highest BCUT2D eigenvalue weighted by atomic mass is 16.5. The molecule has 1 unspecified atom stereocenters. The Kier molecular flexibility index (Phi) is 7.47. The highest BCUT2D eigenvalue weighted by molar-refractivity contribution is 6.16. The molecule has 0 heterocycles. The SMILES string of the molecule is CCC(=O)C(O)(COc1ccccc1OC)C(O)(C(=O)CC)C(=O)CC. The molecule has 7 heteroatoms. The van der Waals surface area contributed by atoms with Gasteiger partial charge in [-0.1, -0.05) is 32.9 Å². The van der Waals surface area contributed by atoms with Gasteiger partial charge in [0.2, 0.25) is 5.60 Å². The molecule has 7 nitrogen and oxygen atoms in total. The molecule has 1 aromatic carbocycles. The third kappa shape index (κ3) is 3.78. The Bertz CT molecular complexity index is 652. The molecule has 1 aromatic rings. The first-order chi connectivity index (χ1) is 12.2. The number of methoxy groups -OCH3 is 1. The summed E-state index contributed by atoms with van der Waals surface area (Å²) in [5.74, 6) is -2.19. The fourth-order valence-electron chi connectivity index (χ4n) is 2.73. The predicted octanol–water partition coefficient (Wildman–Crippen LogP) is 1.47. The minimum absolute atomic E-state index is 0.192. The minimum atomic E-state index is -2.87. The molecular weight excluding hydrogens is 340 g/mol. The zero-order valence-corrected chi connectivity index (χ0v) is 15.6. The standard InChI is InChI=1S/C19H26O7/c1-5-15(20)18(23,19(24,16(21)6-2)17(22)7-3)12-26-14-11-9-8-10-13(14)25-4/h8-11,23-24H,5-7,12H2,1-4H3. The van der Waals surface area contributed by atoms with Crippen LogP contribution >= 0.6 is 0 Å². The third-order valence-electron chi connectivity index (χ3n) is 4.34. The topological polar surface area (TPSA) is 110 Å². The number of para-hydroxylation sites is 2. The first-order valence-corrected chi connectivity index (χ1v) is 8.53.